The van der Waals surface area contributed by atoms with Gasteiger partial charge in [-0.05, 0) is 32.8 Å². The Morgan fingerprint density at radius 1 is 1.36 bits per heavy atom. The predicted octanol–water partition coefficient (Wildman–Crippen LogP) is 1.44. The number of carbonyl (C=O) groups is 2. The van der Waals surface area contributed by atoms with Gasteiger partial charge >= 0.3 is 0 Å². The number of piperidine rings is 1. The number of amides is 2. The van der Waals surface area contributed by atoms with Crippen LogP contribution < -0.4 is 0 Å². The van der Waals surface area contributed by atoms with Crippen molar-refractivity contribution in [3.63, 3.8) is 0 Å². The summed E-state index contributed by atoms with van der Waals surface area (Å²) in [7, 11) is 1.82. The molecule has 2 aliphatic rings. The molecule has 0 aromatic carbocycles. The average Bonchev–Trinajstić information content (AvgIpc) is 2.95. The largest absolute Gasteiger partial charge is 0.459 e. The average molecular weight is 306 g/mol. The van der Waals surface area contributed by atoms with Gasteiger partial charge in [0.25, 0.3) is 5.91 Å². The number of hydrogen-bond acceptors (Lipinski definition) is 4. The zero-order chi connectivity index (χ0) is 15.9. The molecule has 0 N–H and O–H groups in total. The second-order valence-corrected chi connectivity index (χ2v) is 6.26. The van der Waals surface area contributed by atoms with Crippen molar-refractivity contribution < 1.29 is 18.7 Å². The molecule has 3 heterocycles. The minimum absolute atomic E-state index is 0.0165. The van der Waals surface area contributed by atoms with Crippen LogP contribution in [0.25, 0.3) is 0 Å². The van der Waals surface area contributed by atoms with Crippen LogP contribution in [0.2, 0.25) is 0 Å². The second-order valence-electron chi connectivity index (χ2n) is 6.26. The van der Waals surface area contributed by atoms with E-state index < -0.39 is 0 Å². The fourth-order valence-corrected chi connectivity index (χ4v) is 3.38. The minimum Gasteiger partial charge on any atom is -0.459 e. The molecule has 6 heteroatoms. The predicted molar refractivity (Wildman–Crippen MR) is 79.5 cm³/mol. The van der Waals surface area contributed by atoms with Gasteiger partial charge in [-0.1, -0.05) is 0 Å². The van der Waals surface area contributed by atoms with Crippen LogP contribution in [0.15, 0.2) is 16.7 Å². The Bertz CT molecular complexity index is 587. The van der Waals surface area contributed by atoms with Crippen LogP contribution in [0.3, 0.4) is 0 Å². The number of ether oxygens (including phenoxy) is 1. The monoisotopic (exact) mass is 306 g/mol. The lowest BCUT2D eigenvalue weighted by molar-refractivity contribution is -0.181. The van der Waals surface area contributed by atoms with Crippen molar-refractivity contribution in [2.45, 2.75) is 38.3 Å². The van der Waals surface area contributed by atoms with Crippen LogP contribution in [0, 0.1) is 6.92 Å². The molecular formula is C16H22N2O4. The highest BCUT2D eigenvalue weighted by molar-refractivity contribution is 5.92. The smallest absolute Gasteiger partial charge is 0.289 e. The van der Waals surface area contributed by atoms with Gasteiger partial charge in [0.05, 0.1) is 17.9 Å². The standard InChI is InChI=1S/C16H22N2O4/c1-11-4-9-21-14(11)15(20)18-7-5-16(6-8-18)12(2)17(3)13(19)10-22-16/h4,9,12H,5-8,10H2,1-3H3. The number of morpholine rings is 1. The summed E-state index contributed by atoms with van der Waals surface area (Å²) in [5.74, 6) is 0.369. The molecule has 1 atom stereocenters. The SMILES string of the molecule is Cc1ccoc1C(=O)N1CCC2(CC1)OCC(=O)N(C)C2C. The first-order valence-electron chi connectivity index (χ1n) is 7.67. The van der Waals surface area contributed by atoms with Gasteiger partial charge in [0.1, 0.15) is 6.61 Å². The van der Waals surface area contributed by atoms with E-state index in [0.717, 1.165) is 18.4 Å². The molecule has 2 saturated heterocycles. The van der Waals surface area contributed by atoms with E-state index in [1.165, 1.54) is 0 Å². The van der Waals surface area contributed by atoms with Crippen molar-refractivity contribution in [3.8, 4) is 0 Å². The Morgan fingerprint density at radius 3 is 2.64 bits per heavy atom. The number of likely N-dealkylation sites (N-methyl/N-ethyl adjacent to an activating group) is 1. The highest BCUT2D eigenvalue weighted by Gasteiger charge is 2.47. The topological polar surface area (TPSA) is 63.0 Å². The first-order chi connectivity index (χ1) is 10.4. The van der Waals surface area contributed by atoms with Gasteiger partial charge < -0.3 is 19.0 Å². The van der Waals surface area contributed by atoms with Crippen molar-refractivity contribution >= 4 is 11.8 Å². The maximum Gasteiger partial charge on any atom is 0.289 e. The van der Waals surface area contributed by atoms with Gasteiger partial charge in [0.2, 0.25) is 5.91 Å². The lowest BCUT2D eigenvalue weighted by atomic mass is 9.83. The summed E-state index contributed by atoms with van der Waals surface area (Å²) < 4.78 is 11.2. The van der Waals surface area contributed by atoms with Crippen LogP contribution in [0.1, 0.15) is 35.9 Å². The van der Waals surface area contributed by atoms with Gasteiger partial charge in [-0.2, -0.15) is 0 Å². The van der Waals surface area contributed by atoms with Crippen LogP contribution in [-0.4, -0.2) is 60.0 Å². The minimum atomic E-state index is -0.336. The van der Waals surface area contributed by atoms with E-state index in [1.807, 2.05) is 25.8 Å². The zero-order valence-electron chi connectivity index (χ0n) is 13.3. The first-order valence-corrected chi connectivity index (χ1v) is 7.67. The van der Waals surface area contributed by atoms with Crippen LogP contribution in [0.5, 0.6) is 0 Å². The van der Waals surface area contributed by atoms with Gasteiger partial charge in [-0.25, -0.2) is 0 Å². The Hall–Kier alpha value is -1.82. The summed E-state index contributed by atoms with van der Waals surface area (Å²) in [6.07, 6.45) is 3.01. The lowest BCUT2D eigenvalue weighted by Crippen LogP contribution is -2.63. The quantitative estimate of drug-likeness (QED) is 0.787. The molecule has 2 fully saturated rings. The fraction of sp³-hybridized carbons (Fsp3) is 0.625. The molecule has 1 spiro atoms. The molecule has 6 nitrogen and oxygen atoms in total. The third kappa shape index (κ3) is 2.31. The van der Waals surface area contributed by atoms with E-state index in [1.54, 1.807) is 17.2 Å². The molecule has 0 saturated carbocycles. The summed E-state index contributed by atoms with van der Waals surface area (Å²) in [6, 6.07) is 1.82. The van der Waals surface area contributed by atoms with Crippen LogP contribution >= 0.6 is 0 Å². The van der Waals surface area contributed by atoms with E-state index in [9.17, 15) is 9.59 Å². The van der Waals surface area contributed by atoms with Crippen LogP contribution in [-0.2, 0) is 9.53 Å². The van der Waals surface area contributed by atoms with E-state index in [-0.39, 0.29) is 30.1 Å². The molecule has 0 radical (unpaired) electrons. The molecule has 120 valence electrons. The van der Waals surface area contributed by atoms with E-state index in [2.05, 4.69) is 0 Å². The third-order valence-electron chi connectivity index (χ3n) is 5.17. The summed E-state index contributed by atoms with van der Waals surface area (Å²) in [5, 5.41) is 0. The molecule has 2 amide bonds. The maximum absolute atomic E-state index is 12.5. The Kier molecular flexibility index (Phi) is 3.72. The maximum atomic E-state index is 12.5. The van der Waals surface area contributed by atoms with Gasteiger partial charge in [0.15, 0.2) is 5.76 Å². The highest BCUT2D eigenvalue weighted by Crippen LogP contribution is 2.35. The van der Waals surface area contributed by atoms with Crippen molar-refractivity contribution in [1.29, 1.82) is 0 Å². The van der Waals surface area contributed by atoms with E-state index >= 15 is 0 Å². The zero-order valence-corrected chi connectivity index (χ0v) is 13.3. The third-order valence-corrected chi connectivity index (χ3v) is 5.17. The Morgan fingerprint density at radius 2 is 2.05 bits per heavy atom. The molecule has 0 aliphatic carbocycles. The Labute approximate surface area is 130 Å². The molecule has 3 rings (SSSR count). The fourth-order valence-electron chi connectivity index (χ4n) is 3.38. The number of nitrogens with zero attached hydrogens (tertiary/aromatic N) is 2. The summed E-state index contributed by atoms with van der Waals surface area (Å²) in [5.41, 5.74) is 0.524. The van der Waals surface area contributed by atoms with E-state index in [4.69, 9.17) is 9.15 Å². The number of aryl methyl sites for hydroxylation is 1. The molecule has 1 unspecified atom stereocenters. The van der Waals surface area contributed by atoms with Gasteiger partial charge in [-0.15, -0.1) is 0 Å². The van der Waals surface area contributed by atoms with Crippen molar-refractivity contribution in [3.05, 3.63) is 23.7 Å². The summed E-state index contributed by atoms with van der Waals surface area (Å²) in [6.45, 7) is 5.25. The molecular weight excluding hydrogens is 284 g/mol. The Balaban J connectivity index is 1.69. The summed E-state index contributed by atoms with van der Waals surface area (Å²) >= 11 is 0. The lowest BCUT2D eigenvalue weighted by Gasteiger charge is -2.50. The van der Waals surface area contributed by atoms with E-state index in [0.29, 0.717) is 18.8 Å². The molecule has 2 aliphatic heterocycles. The molecule has 22 heavy (non-hydrogen) atoms. The molecule has 1 aromatic rings. The van der Waals surface area contributed by atoms with Gasteiger partial charge in [-0.3, -0.25) is 9.59 Å². The number of hydrogen-bond donors (Lipinski definition) is 0. The van der Waals surface area contributed by atoms with Crippen molar-refractivity contribution in [1.82, 2.24) is 9.80 Å². The van der Waals surface area contributed by atoms with Gasteiger partial charge in [0, 0.05) is 25.7 Å². The second kappa shape index (κ2) is 5.43. The number of carbonyl (C=O) groups excluding carboxylic acids is 2. The summed E-state index contributed by atoms with van der Waals surface area (Å²) in [4.78, 5) is 27.8. The molecule has 1 aromatic heterocycles. The van der Waals surface area contributed by atoms with Crippen molar-refractivity contribution in [2.75, 3.05) is 26.7 Å². The number of likely N-dealkylation sites (tertiary alicyclic amines) is 1. The molecule has 0 bridgehead atoms. The normalized spacial score (nSPS) is 24.9. The highest BCUT2D eigenvalue weighted by atomic mass is 16.5. The van der Waals surface area contributed by atoms with Crippen molar-refractivity contribution in [2.24, 2.45) is 0 Å². The van der Waals surface area contributed by atoms with Crippen LogP contribution in [0.4, 0.5) is 0 Å². The first kappa shape index (κ1) is 15.1. The number of furan rings is 1. The number of rotatable bonds is 1.